The Morgan fingerprint density at radius 2 is 2.05 bits per heavy atom. The fraction of sp³-hybridized carbons (Fsp3) is 0.424. The van der Waals surface area contributed by atoms with E-state index < -0.39 is 11.4 Å². The molecule has 3 aliphatic rings. The van der Waals surface area contributed by atoms with Crippen molar-refractivity contribution in [2.45, 2.75) is 75.7 Å². The molecule has 4 aromatic rings. The molecular formula is C33H34Cl2FN5O2S. The van der Waals surface area contributed by atoms with Crippen LogP contribution in [0, 0.1) is 23.1 Å². The van der Waals surface area contributed by atoms with Crippen LogP contribution >= 0.6 is 35.0 Å². The average molecular weight is 655 g/mol. The number of benzene rings is 2. The third-order valence-electron chi connectivity index (χ3n) is 8.65. The summed E-state index contributed by atoms with van der Waals surface area (Å²) in [5.74, 6) is -0.312. The summed E-state index contributed by atoms with van der Waals surface area (Å²) in [5.41, 5.74) is 9.31. The Labute approximate surface area is 270 Å². The van der Waals surface area contributed by atoms with Gasteiger partial charge in [-0.05, 0) is 70.6 Å². The van der Waals surface area contributed by atoms with Crippen molar-refractivity contribution >= 4 is 62.9 Å². The van der Waals surface area contributed by atoms with E-state index in [0.717, 1.165) is 23.0 Å². The van der Waals surface area contributed by atoms with Gasteiger partial charge in [-0.15, -0.1) is 11.8 Å². The summed E-state index contributed by atoms with van der Waals surface area (Å²) in [6.07, 6.45) is 2.96. The number of hydrogen-bond acceptors (Lipinski definition) is 6. The normalized spacial score (nSPS) is 20.2. The lowest BCUT2D eigenvalue weighted by atomic mass is 9.79. The van der Waals surface area contributed by atoms with Crippen molar-refractivity contribution in [2.24, 2.45) is 11.7 Å². The van der Waals surface area contributed by atoms with Crippen LogP contribution < -0.4 is 5.73 Å². The summed E-state index contributed by atoms with van der Waals surface area (Å²) in [7, 11) is 0. The number of carbonyl (C=O) groups is 1. The summed E-state index contributed by atoms with van der Waals surface area (Å²) in [4.78, 5) is 19.9. The first-order chi connectivity index (χ1) is 20.9. The van der Waals surface area contributed by atoms with Crippen molar-refractivity contribution in [1.29, 1.82) is 5.26 Å². The van der Waals surface area contributed by atoms with E-state index in [1.807, 2.05) is 44.9 Å². The molecule has 1 aliphatic carbocycles. The van der Waals surface area contributed by atoms with Crippen molar-refractivity contribution in [3.63, 3.8) is 0 Å². The number of halogens is 3. The minimum Gasteiger partial charge on any atom is -0.444 e. The van der Waals surface area contributed by atoms with Crippen LogP contribution in [0.3, 0.4) is 0 Å². The van der Waals surface area contributed by atoms with E-state index in [9.17, 15) is 10.1 Å². The summed E-state index contributed by atoms with van der Waals surface area (Å²) in [5, 5.41) is 12.2. The van der Waals surface area contributed by atoms with E-state index in [-0.39, 0.29) is 47.1 Å². The van der Waals surface area contributed by atoms with Gasteiger partial charge in [0.2, 0.25) is 0 Å². The van der Waals surface area contributed by atoms with Crippen molar-refractivity contribution in [2.75, 3.05) is 12.8 Å². The number of ether oxygens (including phenoxy) is 1. The number of rotatable bonds is 6. The van der Waals surface area contributed by atoms with E-state index in [4.69, 9.17) is 38.7 Å². The molecule has 7 nitrogen and oxygen atoms in total. The molecule has 1 saturated carbocycles. The van der Waals surface area contributed by atoms with Crippen LogP contribution in [-0.4, -0.2) is 45.0 Å². The molecule has 7 rings (SSSR count). The number of hydrogen-bond donors (Lipinski definition) is 1. The zero-order valence-electron chi connectivity index (χ0n) is 25.2. The topological polar surface area (TPSA) is 97.2 Å². The van der Waals surface area contributed by atoms with Gasteiger partial charge in [0.05, 0.1) is 33.7 Å². The smallest absolute Gasteiger partial charge is 0.410 e. The molecule has 0 unspecified atom stereocenters. The Morgan fingerprint density at radius 3 is 2.70 bits per heavy atom. The van der Waals surface area contributed by atoms with Gasteiger partial charge in [-0.1, -0.05) is 35.3 Å². The number of nitrogens with zero attached hydrogens (tertiary/aromatic N) is 4. The fourth-order valence-electron chi connectivity index (χ4n) is 6.83. The molecular weight excluding hydrogens is 620 g/mol. The molecule has 0 spiro atoms. The van der Waals surface area contributed by atoms with Crippen LogP contribution in [0.4, 0.5) is 9.18 Å². The largest absolute Gasteiger partial charge is 0.444 e. The van der Waals surface area contributed by atoms with Crippen LogP contribution in [-0.2, 0) is 11.2 Å². The first-order valence-corrected chi connectivity index (χ1v) is 16.6. The van der Waals surface area contributed by atoms with Gasteiger partial charge in [-0.3, -0.25) is 0 Å². The number of carbonyl (C=O) groups excluding carboxylic acids is 1. The van der Waals surface area contributed by atoms with Crippen LogP contribution in [0.5, 0.6) is 0 Å². The van der Waals surface area contributed by atoms with E-state index in [1.165, 1.54) is 11.8 Å². The predicted octanol–water partition coefficient (Wildman–Crippen LogP) is 8.68. The van der Waals surface area contributed by atoms with Gasteiger partial charge in [0.25, 0.3) is 0 Å². The van der Waals surface area contributed by atoms with Gasteiger partial charge in [-0.25, -0.2) is 14.2 Å². The zero-order chi connectivity index (χ0) is 31.7. The molecule has 230 valence electrons. The SMILES string of the molecule is CSc1nc2c(F)c(-c3cccc(Cl)c3Cl)c(CCC#N)cc2c2c1cc([C@@H](C)N)n2[C@H]1[C@@H]2C[C@H]1N(C(=O)OC(C)(C)C)C2. The van der Waals surface area contributed by atoms with E-state index in [1.54, 1.807) is 18.2 Å². The molecule has 2 N–H and O–H groups in total. The highest BCUT2D eigenvalue weighted by Gasteiger charge is 2.56. The van der Waals surface area contributed by atoms with Gasteiger partial charge < -0.3 is 19.9 Å². The maximum Gasteiger partial charge on any atom is 0.410 e. The van der Waals surface area contributed by atoms with Gasteiger partial charge in [0.1, 0.15) is 16.1 Å². The first-order valence-electron chi connectivity index (χ1n) is 14.7. The number of fused-ring (bicyclic) bond motifs is 4. The Kier molecular flexibility index (Phi) is 8.02. The molecule has 3 fully saturated rings. The molecule has 4 atom stereocenters. The monoisotopic (exact) mass is 653 g/mol. The molecule has 2 saturated heterocycles. The molecule has 2 aliphatic heterocycles. The maximum absolute atomic E-state index is 16.9. The molecule has 0 radical (unpaired) electrons. The zero-order valence-corrected chi connectivity index (χ0v) is 27.6. The highest BCUT2D eigenvalue weighted by atomic mass is 35.5. The number of pyridine rings is 1. The third-order valence-corrected chi connectivity index (χ3v) is 10.2. The van der Waals surface area contributed by atoms with Crippen LogP contribution in [0.15, 0.2) is 35.4 Å². The van der Waals surface area contributed by atoms with Gasteiger partial charge in [0.15, 0.2) is 5.82 Å². The highest BCUT2D eigenvalue weighted by molar-refractivity contribution is 7.98. The van der Waals surface area contributed by atoms with Crippen molar-refractivity contribution in [1.82, 2.24) is 14.5 Å². The summed E-state index contributed by atoms with van der Waals surface area (Å²) >= 11 is 14.4. The molecule has 4 heterocycles. The number of aromatic nitrogens is 2. The number of amides is 1. The molecule has 2 bridgehead atoms. The summed E-state index contributed by atoms with van der Waals surface area (Å²) < 4.78 is 24.9. The summed E-state index contributed by atoms with van der Waals surface area (Å²) in [6, 6.07) is 10.9. The standard InChI is InChI=1S/C33H34Cl2FN5O2S/c1-16(38)23-14-21-30(41(23)29-18-13-24(29)40(15-18)32(42)43-33(2,3)4)20-12-17(8-7-11-37)25(19-9-6-10-22(34)26(19)35)27(36)28(20)39-31(21)44-5/h6,9-10,12,14,16,18,24,29H,7-8,13,15,38H2,1-5H3/t16-,18-,24-,29+/m1/s1. The number of nitrogens with two attached hydrogens (primary N) is 1. The van der Waals surface area contributed by atoms with E-state index >= 15 is 4.39 Å². The summed E-state index contributed by atoms with van der Waals surface area (Å²) in [6.45, 7) is 8.11. The van der Waals surface area contributed by atoms with Crippen molar-refractivity contribution in [3.8, 4) is 17.2 Å². The lowest BCUT2D eigenvalue weighted by Gasteiger charge is -2.39. The Balaban J connectivity index is 1.63. The number of aryl methyl sites for hydroxylation is 1. The average Bonchev–Trinajstić information content (AvgIpc) is 3.66. The van der Waals surface area contributed by atoms with Crippen LogP contribution in [0.1, 0.15) is 63.9 Å². The maximum atomic E-state index is 16.9. The highest BCUT2D eigenvalue weighted by Crippen LogP contribution is 2.53. The number of thioether (sulfide) groups is 1. The Hall–Kier alpha value is -3.03. The lowest BCUT2D eigenvalue weighted by molar-refractivity contribution is 0.0209. The van der Waals surface area contributed by atoms with E-state index in [2.05, 4.69) is 16.7 Å². The molecule has 44 heavy (non-hydrogen) atoms. The lowest BCUT2D eigenvalue weighted by Crippen LogP contribution is -2.44. The van der Waals surface area contributed by atoms with Gasteiger partial charge in [-0.2, -0.15) is 5.26 Å². The third kappa shape index (κ3) is 5.00. The minimum atomic E-state index is -0.604. The Morgan fingerprint density at radius 1 is 1.30 bits per heavy atom. The van der Waals surface area contributed by atoms with Crippen molar-refractivity contribution < 1.29 is 13.9 Å². The molecule has 1 amide bonds. The Bertz CT molecular complexity index is 1860. The second-order valence-electron chi connectivity index (χ2n) is 12.7. The minimum absolute atomic E-state index is 0.0472. The second kappa shape index (κ2) is 11.4. The van der Waals surface area contributed by atoms with Gasteiger partial charge in [0, 0.05) is 52.5 Å². The van der Waals surface area contributed by atoms with E-state index in [0.29, 0.717) is 45.1 Å². The molecule has 2 aromatic heterocycles. The predicted molar refractivity (Wildman–Crippen MR) is 175 cm³/mol. The number of nitriles is 1. The molecule has 11 heteroatoms. The first kappa shape index (κ1) is 31.0. The van der Waals surface area contributed by atoms with Crippen molar-refractivity contribution in [3.05, 3.63) is 57.5 Å². The van der Waals surface area contributed by atoms with Crippen LogP contribution in [0.25, 0.3) is 32.9 Å². The quantitative estimate of drug-likeness (QED) is 0.209. The molecule has 2 aromatic carbocycles. The fourth-order valence-corrected chi connectivity index (χ4v) is 7.79. The van der Waals surface area contributed by atoms with Crippen LogP contribution in [0.2, 0.25) is 10.0 Å². The second-order valence-corrected chi connectivity index (χ2v) is 14.3. The van der Waals surface area contributed by atoms with Gasteiger partial charge >= 0.3 is 6.09 Å².